The lowest BCUT2D eigenvalue weighted by atomic mass is 10.1. The van der Waals surface area contributed by atoms with Gasteiger partial charge >= 0.3 is 0 Å². The molecule has 1 N–H and O–H groups in total. The summed E-state index contributed by atoms with van der Waals surface area (Å²) in [6.07, 6.45) is 0.667. The number of anilines is 2. The predicted molar refractivity (Wildman–Crippen MR) is 100 cm³/mol. The first-order valence-electron chi connectivity index (χ1n) is 8.81. The summed E-state index contributed by atoms with van der Waals surface area (Å²) in [7, 11) is 0. The van der Waals surface area contributed by atoms with Gasteiger partial charge in [-0.05, 0) is 36.1 Å². The van der Waals surface area contributed by atoms with Gasteiger partial charge in [-0.25, -0.2) is 4.39 Å². The molecule has 0 spiro atoms. The molecular formula is C20H20ClFN2O2. The fourth-order valence-corrected chi connectivity index (χ4v) is 3.85. The van der Waals surface area contributed by atoms with E-state index in [1.807, 2.05) is 18.2 Å². The fraction of sp³-hybridized carbons (Fsp3) is 0.350. The summed E-state index contributed by atoms with van der Waals surface area (Å²) in [5, 5.41) is 3.60. The normalized spacial score (nSPS) is 22.2. The Balaban J connectivity index is 1.50. The van der Waals surface area contributed by atoms with Crippen LogP contribution in [-0.4, -0.2) is 32.2 Å². The molecule has 1 heterocycles. The first-order chi connectivity index (χ1) is 12.6. The predicted octanol–water partition coefficient (Wildman–Crippen LogP) is 4.06. The molecular weight excluding hydrogens is 355 g/mol. The molecule has 2 unspecified atom stereocenters. The Hall–Kier alpha value is -2.11. The van der Waals surface area contributed by atoms with E-state index in [0.717, 1.165) is 18.8 Å². The van der Waals surface area contributed by atoms with E-state index in [2.05, 4.69) is 10.2 Å². The SMILES string of the molecule is O=C(Nc1cccc(Cl)c1N1CCOCC1)C1CC1c1ccccc1F. The van der Waals surface area contributed by atoms with Crippen LogP contribution in [0, 0.1) is 11.7 Å². The van der Waals surface area contributed by atoms with Gasteiger partial charge in [0.05, 0.1) is 29.6 Å². The van der Waals surface area contributed by atoms with Gasteiger partial charge in [0, 0.05) is 19.0 Å². The lowest BCUT2D eigenvalue weighted by Gasteiger charge is -2.31. The number of nitrogens with one attached hydrogen (secondary N) is 1. The maximum absolute atomic E-state index is 13.9. The number of morpholine rings is 1. The van der Waals surface area contributed by atoms with Gasteiger partial charge in [0.1, 0.15) is 5.82 Å². The molecule has 136 valence electrons. The van der Waals surface area contributed by atoms with Crippen molar-refractivity contribution >= 4 is 28.9 Å². The van der Waals surface area contributed by atoms with Crippen LogP contribution < -0.4 is 10.2 Å². The van der Waals surface area contributed by atoms with E-state index in [-0.39, 0.29) is 23.6 Å². The highest BCUT2D eigenvalue weighted by atomic mass is 35.5. The zero-order valence-electron chi connectivity index (χ0n) is 14.3. The van der Waals surface area contributed by atoms with E-state index >= 15 is 0 Å². The Morgan fingerprint density at radius 3 is 2.69 bits per heavy atom. The molecule has 0 radical (unpaired) electrons. The molecule has 4 nitrogen and oxygen atoms in total. The van der Waals surface area contributed by atoms with Crippen molar-refractivity contribution in [2.24, 2.45) is 5.92 Å². The Labute approximate surface area is 156 Å². The third-order valence-corrected chi connectivity index (χ3v) is 5.31. The molecule has 26 heavy (non-hydrogen) atoms. The van der Waals surface area contributed by atoms with Crippen molar-refractivity contribution in [1.82, 2.24) is 0 Å². The van der Waals surface area contributed by atoms with Gasteiger partial charge in [-0.1, -0.05) is 35.9 Å². The average Bonchev–Trinajstić information content (AvgIpc) is 3.44. The van der Waals surface area contributed by atoms with Crippen LogP contribution >= 0.6 is 11.6 Å². The summed E-state index contributed by atoms with van der Waals surface area (Å²) < 4.78 is 19.3. The van der Waals surface area contributed by atoms with Gasteiger partial charge in [0.15, 0.2) is 0 Å². The molecule has 2 aliphatic rings. The van der Waals surface area contributed by atoms with Crippen LogP contribution in [0.2, 0.25) is 5.02 Å². The Morgan fingerprint density at radius 1 is 1.15 bits per heavy atom. The number of nitrogens with zero attached hydrogens (tertiary/aromatic N) is 1. The van der Waals surface area contributed by atoms with Crippen LogP contribution in [0.3, 0.4) is 0 Å². The molecule has 2 atom stereocenters. The van der Waals surface area contributed by atoms with Crippen molar-refractivity contribution < 1.29 is 13.9 Å². The maximum atomic E-state index is 13.9. The van der Waals surface area contributed by atoms with Crippen molar-refractivity contribution in [3.05, 3.63) is 58.9 Å². The molecule has 1 saturated carbocycles. The summed E-state index contributed by atoms with van der Waals surface area (Å²) in [6.45, 7) is 2.73. The standard InChI is InChI=1S/C20H20ClFN2O2/c21-16-5-3-7-18(19(16)24-8-10-26-11-9-24)23-20(25)15-12-14(15)13-4-1-2-6-17(13)22/h1-7,14-15H,8-12H2,(H,23,25). The van der Waals surface area contributed by atoms with Crippen LogP contribution in [-0.2, 0) is 9.53 Å². The number of hydrogen-bond acceptors (Lipinski definition) is 3. The summed E-state index contributed by atoms with van der Waals surface area (Å²) >= 11 is 6.40. The number of carbonyl (C=O) groups excluding carboxylic acids is 1. The monoisotopic (exact) mass is 374 g/mol. The fourth-order valence-electron chi connectivity index (χ4n) is 3.55. The Kier molecular flexibility index (Phi) is 4.83. The van der Waals surface area contributed by atoms with Crippen LogP contribution in [0.5, 0.6) is 0 Å². The van der Waals surface area contributed by atoms with Gasteiger partial charge in [0.25, 0.3) is 0 Å². The van der Waals surface area contributed by atoms with Crippen molar-refractivity contribution in [3.63, 3.8) is 0 Å². The Morgan fingerprint density at radius 2 is 1.92 bits per heavy atom. The summed E-state index contributed by atoms with van der Waals surface area (Å²) in [6, 6.07) is 12.2. The lowest BCUT2D eigenvalue weighted by Crippen LogP contribution is -2.37. The number of carbonyl (C=O) groups is 1. The first kappa shape index (κ1) is 17.3. The van der Waals surface area contributed by atoms with Gasteiger partial charge in [-0.3, -0.25) is 4.79 Å². The van der Waals surface area contributed by atoms with Gasteiger partial charge in [-0.15, -0.1) is 0 Å². The minimum Gasteiger partial charge on any atom is -0.378 e. The number of hydrogen-bond donors (Lipinski definition) is 1. The van der Waals surface area contributed by atoms with Crippen LogP contribution in [0.1, 0.15) is 17.9 Å². The molecule has 6 heteroatoms. The van der Waals surface area contributed by atoms with Gasteiger partial charge in [-0.2, -0.15) is 0 Å². The number of ether oxygens (including phenoxy) is 1. The molecule has 2 fully saturated rings. The number of rotatable bonds is 4. The number of halogens is 2. The second-order valence-corrected chi connectivity index (χ2v) is 7.10. The van der Waals surface area contributed by atoms with Crippen molar-refractivity contribution in [2.45, 2.75) is 12.3 Å². The van der Waals surface area contributed by atoms with E-state index in [4.69, 9.17) is 16.3 Å². The van der Waals surface area contributed by atoms with Crippen LogP contribution in [0.15, 0.2) is 42.5 Å². The van der Waals surface area contributed by atoms with Gasteiger partial charge < -0.3 is 15.0 Å². The van der Waals surface area contributed by atoms with E-state index < -0.39 is 0 Å². The summed E-state index contributed by atoms with van der Waals surface area (Å²) in [4.78, 5) is 14.8. The second-order valence-electron chi connectivity index (χ2n) is 6.69. The molecule has 1 aliphatic heterocycles. The lowest BCUT2D eigenvalue weighted by molar-refractivity contribution is -0.117. The van der Waals surface area contributed by atoms with E-state index in [0.29, 0.717) is 35.9 Å². The topological polar surface area (TPSA) is 41.6 Å². The summed E-state index contributed by atoms with van der Waals surface area (Å²) in [5.74, 6) is -0.592. The molecule has 0 bridgehead atoms. The minimum absolute atomic E-state index is 0.0535. The quantitative estimate of drug-likeness (QED) is 0.877. The largest absolute Gasteiger partial charge is 0.378 e. The smallest absolute Gasteiger partial charge is 0.228 e. The molecule has 2 aromatic rings. The van der Waals surface area contributed by atoms with E-state index in [1.165, 1.54) is 6.07 Å². The minimum atomic E-state index is -0.246. The molecule has 0 aromatic heterocycles. The second kappa shape index (κ2) is 7.25. The highest BCUT2D eigenvalue weighted by Crippen LogP contribution is 2.49. The van der Waals surface area contributed by atoms with E-state index in [9.17, 15) is 9.18 Å². The first-order valence-corrected chi connectivity index (χ1v) is 9.19. The molecule has 1 saturated heterocycles. The van der Waals surface area contributed by atoms with Crippen molar-refractivity contribution in [3.8, 4) is 0 Å². The number of amides is 1. The zero-order chi connectivity index (χ0) is 18.1. The molecule has 1 amide bonds. The highest BCUT2D eigenvalue weighted by molar-refractivity contribution is 6.34. The van der Waals surface area contributed by atoms with Crippen molar-refractivity contribution in [1.29, 1.82) is 0 Å². The Bertz CT molecular complexity index is 823. The van der Waals surface area contributed by atoms with Crippen LogP contribution in [0.25, 0.3) is 0 Å². The third-order valence-electron chi connectivity index (χ3n) is 5.00. The zero-order valence-corrected chi connectivity index (χ0v) is 15.0. The maximum Gasteiger partial charge on any atom is 0.228 e. The molecule has 4 rings (SSSR count). The van der Waals surface area contributed by atoms with Crippen molar-refractivity contribution in [2.75, 3.05) is 36.5 Å². The number of benzene rings is 2. The average molecular weight is 375 g/mol. The highest BCUT2D eigenvalue weighted by Gasteiger charge is 2.45. The molecule has 1 aliphatic carbocycles. The molecule has 2 aromatic carbocycles. The third kappa shape index (κ3) is 3.41. The van der Waals surface area contributed by atoms with E-state index in [1.54, 1.807) is 18.2 Å². The van der Waals surface area contributed by atoms with Gasteiger partial charge in [0.2, 0.25) is 5.91 Å². The summed E-state index contributed by atoms with van der Waals surface area (Å²) in [5.41, 5.74) is 2.14. The van der Waals surface area contributed by atoms with Crippen LogP contribution in [0.4, 0.5) is 15.8 Å². The number of para-hydroxylation sites is 1.